The first-order valence-corrected chi connectivity index (χ1v) is 6.46. The van der Waals surface area contributed by atoms with Gasteiger partial charge in [-0.05, 0) is 32.3 Å². The van der Waals surface area contributed by atoms with Gasteiger partial charge in [-0.1, -0.05) is 11.6 Å². The number of likely N-dealkylation sites (N-methyl/N-ethyl adjacent to an activating group) is 1. The number of halogens is 1. The Hall–Kier alpha value is -1.52. The minimum atomic E-state index is -0.0604. The molecule has 0 aliphatic carbocycles. The summed E-state index contributed by atoms with van der Waals surface area (Å²) in [6.45, 7) is 2.91. The van der Waals surface area contributed by atoms with Crippen molar-refractivity contribution in [1.29, 1.82) is 0 Å². The van der Waals surface area contributed by atoms with Crippen molar-refractivity contribution in [3.8, 4) is 5.75 Å². The number of ether oxygens (including phenoxy) is 1. The molecule has 0 bridgehead atoms. The summed E-state index contributed by atoms with van der Waals surface area (Å²) in [5.74, 6) is 0.651. The molecule has 0 amide bonds. The summed E-state index contributed by atoms with van der Waals surface area (Å²) in [6, 6.07) is 5.45. The third-order valence-corrected chi connectivity index (χ3v) is 3.10. The van der Waals surface area contributed by atoms with E-state index in [-0.39, 0.29) is 5.91 Å². The summed E-state index contributed by atoms with van der Waals surface area (Å²) in [7, 11) is 3.98. The Kier molecular flexibility index (Phi) is 4.12. The first kappa shape index (κ1) is 13.9. The molecule has 0 N–H and O–H groups in total. The topological polar surface area (TPSA) is 34.5 Å². The summed E-state index contributed by atoms with van der Waals surface area (Å²) in [6.07, 6.45) is 1.72. The van der Waals surface area contributed by atoms with E-state index in [2.05, 4.69) is 0 Å². The molecule has 0 saturated carbocycles. The lowest BCUT2D eigenvalue weighted by Gasteiger charge is -2.10. The average Bonchev–Trinajstić information content (AvgIpc) is 2.67. The molecule has 0 unspecified atom stereocenters. The van der Waals surface area contributed by atoms with Gasteiger partial charge in [0.1, 0.15) is 12.4 Å². The lowest BCUT2D eigenvalue weighted by atomic mass is 10.2. The highest BCUT2D eigenvalue weighted by atomic mass is 35.5. The van der Waals surface area contributed by atoms with Crippen LogP contribution in [-0.4, -0.2) is 42.6 Å². The fraction of sp³-hybridized carbons (Fsp3) is 0.357. The average molecular weight is 281 g/mol. The molecule has 2 rings (SSSR count). The van der Waals surface area contributed by atoms with Crippen molar-refractivity contribution in [3.05, 3.63) is 29.4 Å². The molecule has 102 valence electrons. The van der Waals surface area contributed by atoms with Crippen LogP contribution in [0.3, 0.4) is 0 Å². The molecule has 19 heavy (non-hydrogen) atoms. The number of aromatic nitrogens is 1. The molecule has 1 aromatic carbocycles. The van der Waals surface area contributed by atoms with E-state index in [9.17, 15) is 4.79 Å². The molecule has 5 heteroatoms. The number of carbonyl (C=O) groups is 1. The zero-order valence-electron chi connectivity index (χ0n) is 11.3. The number of carbonyl (C=O) groups excluding carboxylic acids is 1. The number of hydrogen-bond acceptors (Lipinski definition) is 3. The highest BCUT2D eigenvalue weighted by molar-refractivity contribution is 6.31. The Bertz CT molecular complexity index is 605. The Balaban J connectivity index is 2.36. The van der Waals surface area contributed by atoms with Crippen molar-refractivity contribution in [2.24, 2.45) is 0 Å². The predicted octanol–water partition coefficient (Wildman–Crippen LogP) is 2.90. The molecule has 0 spiro atoms. The Morgan fingerprint density at radius 1 is 1.42 bits per heavy atom. The van der Waals surface area contributed by atoms with Crippen LogP contribution in [0.2, 0.25) is 5.02 Å². The normalized spacial score (nSPS) is 11.2. The van der Waals surface area contributed by atoms with E-state index < -0.39 is 0 Å². The summed E-state index contributed by atoms with van der Waals surface area (Å²) < 4.78 is 7.30. The van der Waals surface area contributed by atoms with Crippen molar-refractivity contribution in [2.45, 2.75) is 6.92 Å². The predicted molar refractivity (Wildman–Crippen MR) is 77.3 cm³/mol. The third-order valence-electron chi connectivity index (χ3n) is 2.87. The SMILES string of the molecule is CC(=O)n1cc(OCCN(C)C)c2ccc(Cl)cc21. The molecular weight excluding hydrogens is 264 g/mol. The molecule has 0 aliphatic heterocycles. The van der Waals surface area contributed by atoms with Crippen LogP contribution in [0.15, 0.2) is 24.4 Å². The van der Waals surface area contributed by atoms with E-state index in [1.54, 1.807) is 22.9 Å². The summed E-state index contributed by atoms with van der Waals surface area (Å²) in [5, 5.41) is 1.51. The van der Waals surface area contributed by atoms with Gasteiger partial charge in [-0.2, -0.15) is 0 Å². The monoisotopic (exact) mass is 280 g/mol. The van der Waals surface area contributed by atoms with E-state index in [0.717, 1.165) is 17.4 Å². The highest BCUT2D eigenvalue weighted by Crippen LogP contribution is 2.30. The van der Waals surface area contributed by atoms with Crippen LogP contribution in [0, 0.1) is 0 Å². The summed E-state index contributed by atoms with van der Waals surface area (Å²) >= 11 is 5.98. The largest absolute Gasteiger partial charge is 0.490 e. The number of benzene rings is 1. The van der Waals surface area contributed by atoms with Crippen molar-refractivity contribution in [1.82, 2.24) is 9.47 Å². The van der Waals surface area contributed by atoms with Crippen molar-refractivity contribution in [2.75, 3.05) is 27.2 Å². The molecule has 4 nitrogen and oxygen atoms in total. The first-order valence-electron chi connectivity index (χ1n) is 6.08. The summed E-state index contributed by atoms with van der Waals surface area (Å²) in [4.78, 5) is 13.7. The van der Waals surface area contributed by atoms with Gasteiger partial charge in [0, 0.05) is 23.9 Å². The first-order chi connectivity index (χ1) is 8.99. The molecule has 1 aromatic heterocycles. The lowest BCUT2D eigenvalue weighted by Crippen LogP contribution is -2.19. The van der Waals surface area contributed by atoms with Gasteiger partial charge in [-0.3, -0.25) is 9.36 Å². The second-order valence-corrected chi connectivity index (χ2v) is 5.13. The van der Waals surface area contributed by atoms with E-state index in [1.165, 1.54) is 6.92 Å². The lowest BCUT2D eigenvalue weighted by molar-refractivity contribution is 0.0941. The van der Waals surface area contributed by atoms with Gasteiger partial charge in [0.15, 0.2) is 0 Å². The maximum Gasteiger partial charge on any atom is 0.228 e. The van der Waals surface area contributed by atoms with E-state index in [0.29, 0.717) is 17.4 Å². The number of fused-ring (bicyclic) bond motifs is 1. The van der Waals surface area contributed by atoms with Gasteiger partial charge < -0.3 is 9.64 Å². The van der Waals surface area contributed by atoms with Crippen LogP contribution in [0.25, 0.3) is 10.9 Å². The van der Waals surface area contributed by atoms with Crippen molar-refractivity contribution < 1.29 is 9.53 Å². The second kappa shape index (κ2) is 5.63. The number of hydrogen-bond donors (Lipinski definition) is 0. The Morgan fingerprint density at radius 2 is 2.16 bits per heavy atom. The fourth-order valence-electron chi connectivity index (χ4n) is 1.88. The van der Waals surface area contributed by atoms with Crippen LogP contribution >= 0.6 is 11.6 Å². The zero-order valence-corrected chi connectivity index (χ0v) is 12.1. The van der Waals surface area contributed by atoms with Crippen molar-refractivity contribution >= 4 is 28.4 Å². The molecule has 2 aromatic rings. The van der Waals surface area contributed by atoms with Gasteiger partial charge >= 0.3 is 0 Å². The van der Waals surface area contributed by atoms with Crippen LogP contribution in [0.1, 0.15) is 11.7 Å². The number of rotatable bonds is 4. The van der Waals surface area contributed by atoms with Crippen LogP contribution in [0.5, 0.6) is 5.75 Å². The Labute approximate surface area is 117 Å². The fourth-order valence-corrected chi connectivity index (χ4v) is 2.05. The van der Waals surface area contributed by atoms with E-state index in [4.69, 9.17) is 16.3 Å². The highest BCUT2D eigenvalue weighted by Gasteiger charge is 2.12. The maximum absolute atomic E-state index is 11.6. The van der Waals surface area contributed by atoms with Gasteiger partial charge in [-0.25, -0.2) is 0 Å². The van der Waals surface area contributed by atoms with E-state index >= 15 is 0 Å². The minimum absolute atomic E-state index is 0.0604. The Morgan fingerprint density at radius 3 is 2.79 bits per heavy atom. The van der Waals surface area contributed by atoms with Gasteiger partial charge in [0.25, 0.3) is 0 Å². The maximum atomic E-state index is 11.6. The van der Waals surface area contributed by atoms with Gasteiger partial charge in [0.05, 0.1) is 11.7 Å². The van der Waals surface area contributed by atoms with Crippen molar-refractivity contribution in [3.63, 3.8) is 0 Å². The third kappa shape index (κ3) is 3.08. The standard InChI is InChI=1S/C14H17ClN2O2/c1-10(18)17-9-14(19-7-6-16(2)3)12-5-4-11(15)8-13(12)17/h4-5,8-9H,6-7H2,1-3H3. The van der Waals surface area contributed by atoms with E-state index in [1.807, 2.05) is 25.1 Å². The molecule has 0 radical (unpaired) electrons. The quantitative estimate of drug-likeness (QED) is 0.864. The van der Waals surface area contributed by atoms with Crippen LogP contribution in [-0.2, 0) is 0 Å². The molecule has 0 fully saturated rings. The smallest absolute Gasteiger partial charge is 0.228 e. The zero-order chi connectivity index (χ0) is 14.0. The molecule has 1 heterocycles. The second-order valence-electron chi connectivity index (χ2n) is 4.70. The molecular formula is C14H17ClN2O2. The number of nitrogens with zero attached hydrogens (tertiary/aromatic N) is 2. The molecule has 0 saturated heterocycles. The molecule has 0 atom stereocenters. The van der Waals surface area contributed by atoms with Crippen LogP contribution < -0.4 is 4.74 Å². The summed E-state index contributed by atoms with van der Waals surface area (Å²) in [5.41, 5.74) is 0.778. The molecule has 0 aliphatic rings. The van der Waals surface area contributed by atoms with Crippen LogP contribution in [0.4, 0.5) is 0 Å². The van der Waals surface area contributed by atoms with Gasteiger partial charge in [0.2, 0.25) is 5.91 Å². The van der Waals surface area contributed by atoms with Gasteiger partial charge in [-0.15, -0.1) is 0 Å². The minimum Gasteiger partial charge on any atom is -0.490 e.